The van der Waals surface area contributed by atoms with Gasteiger partial charge in [-0.3, -0.25) is 0 Å². The van der Waals surface area contributed by atoms with Crippen LogP contribution in [-0.4, -0.2) is 6.03 Å². The number of nitrogens with zero attached hydrogens (tertiary/aromatic N) is 1. The SMILES string of the molecule is CCC1(c2ccccc2)NC(=O)N(c2ccccc2C)N1. The number of hydrazine groups is 1. The molecule has 0 spiro atoms. The maximum atomic E-state index is 12.4. The zero-order valence-corrected chi connectivity index (χ0v) is 12.3. The third kappa shape index (κ3) is 2.28. The summed E-state index contributed by atoms with van der Waals surface area (Å²) in [6, 6.07) is 17.7. The van der Waals surface area contributed by atoms with Gasteiger partial charge < -0.3 is 5.32 Å². The molecule has 1 atom stereocenters. The molecule has 3 rings (SSSR count). The molecule has 1 saturated heterocycles. The molecule has 0 aliphatic carbocycles. The summed E-state index contributed by atoms with van der Waals surface area (Å²) in [7, 11) is 0. The highest BCUT2D eigenvalue weighted by atomic mass is 16.2. The van der Waals surface area contributed by atoms with E-state index in [2.05, 4.69) is 17.7 Å². The first-order valence-corrected chi connectivity index (χ1v) is 7.17. The van der Waals surface area contributed by atoms with Crippen molar-refractivity contribution in [2.24, 2.45) is 0 Å². The molecule has 4 nitrogen and oxygen atoms in total. The number of para-hydroxylation sites is 1. The summed E-state index contributed by atoms with van der Waals surface area (Å²) in [6.45, 7) is 4.06. The summed E-state index contributed by atoms with van der Waals surface area (Å²) in [5.74, 6) is 0. The number of hydrogen-bond donors (Lipinski definition) is 2. The van der Waals surface area contributed by atoms with Gasteiger partial charge in [-0.2, -0.15) is 5.43 Å². The van der Waals surface area contributed by atoms with E-state index in [1.165, 1.54) is 0 Å². The molecule has 1 fully saturated rings. The third-order valence-electron chi connectivity index (χ3n) is 3.98. The molecule has 1 aliphatic heterocycles. The van der Waals surface area contributed by atoms with Crippen molar-refractivity contribution in [3.8, 4) is 0 Å². The molecule has 2 N–H and O–H groups in total. The van der Waals surface area contributed by atoms with Crippen LogP contribution in [-0.2, 0) is 5.66 Å². The van der Waals surface area contributed by atoms with Crippen molar-refractivity contribution in [1.82, 2.24) is 10.7 Å². The second-order valence-corrected chi connectivity index (χ2v) is 5.29. The fraction of sp³-hybridized carbons (Fsp3) is 0.235. The first-order valence-electron chi connectivity index (χ1n) is 7.17. The van der Waals surface area contributed by atoms with Crippen molar-refractivity contribution in [3.63, 3.8) is 0 Å². The van der Waals surface area contributed by atoms with Crippen LogP contribution in [0.3, 0.4) is 0 Å². The molecule has 4 heteroatoms. The van der Waals surface area contributed by atoms with Crippen LogP contribution >= 0.6 is 0 Å². The van der Waals surface area contributed by atoms with E-state index in [4.69, 9.17) is 0 Å². The normalized spacial score (nSPS) is 21.4. The topological polar surface area (TPSA) is 44.4 Å². The van der Waals surface area contributed by atoms with Gasteiger partial charge in [-0.1, -0.05) is 55.5 Å². The van der Waals surface area contributed by atoms with E-state index < -0.39 is 5.66 Å². The van der Waals surface area contributed by atoms with Gasteiger partial charge in [-0.15, -0.1) is 0 Å². The van der Waals surface area contributed by atoms with Crippen LogP contribution in [0.15, 0.2) is 54.6 Å². The quantitative estimate of drug-likeness (QED) is 0.906. The minimum absolute atomic E-state index is 0.130. The molecule has 1 aliphatic rings. The van der Waals surface area contributed by atoms with Crippen molar-refractivity contribution in [2.75, 3.05) is 5.01 Å². The number of hydrogen-bond acceptors (Lipinski definition) is 2. The molecular weight excluding hydrogens is 262 g/mol. The van der Waals surface area contributed by atoms with Gasteiger partial charge in [0.15, 0.2) is 0 Å². The van der Waals surface area contributed by atoms with Gasteiger partial charge in [0, 0.05) is 0 Å². The lowest BCUT2D eigenvalue weighted by molar-refractivity contribution is 0.245. The van der Waals surface area contributed by atoms with E-state index in [0.29, 0.717) is 0 Å². The highest BCUT2D eigenvalue weighted by molar-refractivity contribution is 5.94. The number of rotatable bonds is 3. The van der Waals surface area contributed by atoms with Crippen molar-refractivity contribution in [3.05, 3.63) is 65.7 Å². The average molecular weight is 281 g/mol. The molecule has 108 valence electrons. The Morgan fingerprint density at radius 2 is 1.71 bits per heavy atom. The Kier molecular flexibility index (Phi) is 3.39. The molecule has 1 unspecified atom stereocenters. The minimum Gasteiger partial charge on any atom is -0.313 e. The molecule has 0 bridgehead atoms. The van der Waals surface area contributed by atoms with E-state index >= 15 is 0 Å². The van der Waals surface area contributed by atoms with Crippen molar-refractivity contribution >= 4 is 11.7 Å². The van der Waals surface area contributed by atoms with E-state index in [1.54, 1.807) is 5.01 Å². The van der Waals surface area contributed by atoms with Crippen molar-refractivity contribution < 1.29 is 4.79 Å². The Morgan fingerprint density at radius 1 is 1.05 bits per heavy atom. The second-order valence-electron chi connectivity index (χ2n) is 5.29. The van der Waals surface area contributed by atoms with E-state index in [0.717, 1.165) is 23.2 Å². The summed E-state index contributed by atoms with van der Waals surface area (Å²) in [6.07, 6.45) is 0.755. The van der Waals surface area contributed by atoms with Crippen LogP contribution in [0.25, 0.3) is 0 Å². The van der Waals surface area contributed by atoms with E-state index in [-0.39, 0.29) is 6.03 Å². The molecule has 0 saturated carbocycles. The average Bonchev–Trinajstić information content (AvgIpc) is 2.87. The van der Waals surface area contributed by atoms with E-state index in [9.17, 15) is 4.79 Å². The first kappa shape index (κ1) is 13.6. The number of carbonyl (C=O) groups excluding carboxylic acids is 1. The maximum absolute atomic E-state index is 12.4. The Balaban J connectivity index is 1.99. The van der Waals surface area contributed by atoms with Crippen molar-refractivity contribution in [1.29, 1.82) is 0 Å². The van der Waals surface area contributed by atoms with Crippen molar-refractivity contribution in [2.45, 2.75) is 25.9 Å². The lowest BCUT2D eigenvalue weighted by Gasteiger charge is -2.29. The lowest BCUT2D eigenvalue weighted by atomic mass is 9.98. The first-order chi connectivity index (χ1) is 10.2. The zero-order chi connectivity index (χ0) is 14.9. The largest absolute Gasteiger partial charge is 0.338 e. The van der Waals surface area contributed by atoms with Crippen LogP contribution in [0.4, 0.5) is 10.5 Å². The van der Waals surface area contributed by atoms with Crippen LogP contribution in [0, 0.1) is 6.92 Å². The van der Waals surface area contributed by atoms with Gasteiger partial charge >= 0.3 is 6.03 Å². The fourth-order valence-electron chi connectivity index (χ4n) is 2.72. The summed E-state index contributed by atoms with van der Waals surface area (Å²) in [5, 5.41) is 4.69. The van der Waals surface area contributed by atoms with Crippen LogP contribution in [0.5, 0.6) is 0 Å². The van der Waals surface area contributed by atoms with Crippen LogP contribution in [0.1, 0.15) is 24.5 Å². The van der Waals surface area contributed by atoms with Crippen LogP contribution < -0.4 is 15.8 Å². The van der Waals surface area contributed by atoms with Crippen LogP contribution in [0.2, 0.25) is 0 Å². The second kappa shape index (κ2) is 5.22. The Hall–Kier alpha value is -2.33. The molecule has 2 aromatic carbocycles. The third-order valence-corrected chi connectivity index (χ3v) is 3.98. The highest BCUT2D eigenvalue weighted by Crippen LogP contribution is 2.30. The number of urea groups is 1. The van der Waals surface area contributed by atoms with E-state index in [1.807, 2.05) is 61.5 Å². The Labute approximate surface area is 124 Å². The van der Waals surface area contributed by atoms with Gasteiger partial charge in [-0.25, -0.2) is 9.80 Å². The number of aryl methyl sites for hydroxylation is 1. The molecule has 0 radical (unpaired) electrons. The monoisotopic (exact) mass is 281 g/mol. The van der Waals surface area contributed by atoms with Gasteiger partial charge in [0.05, 0.1) is 5.69 Å². The minimum atomic E-state index is -0.555. The standard InChI is InChI=1S/C17H19N3O/c1-3-17(14-10-5-4-6-11-14)18-16(21)20(19-17)15-12-8-7-9-13(15)2/h4-12,19H,3H2,1-2H3,(H,18,21). The van der Waals surface area contributed by atoms with Gasteiger partial charge in [-0.05, 0) is 30.5 Å². The van der Waals surface area contributed by atoms with Gasteiger partial charge in [0.1, 0.15) is 5.66 Å². The number of anilines is 1. The summed E-state index contributed by atoms with van der Waals surface area (Å²) < 4.78 is 0. The lowest BCUT2D eigenvalue weighted by Crippen LogP contribution is -2.48. The number of nitrogens with one attached hydrogen (secondary N) is 2. The number of benzene rings is 2. The number of carbonyl (C=O) groups is 1. The summed E-state index contributed by atoms with van der Waals surface area (Å²) >= 11 is 0. The number of amides is 2. The summed E-state index contributed by atoms with van der Waals surface area (Å²) in [5.41, 5.74) is 5.78. The van der Waals surface area contributed by atoms with Gasteiger partial charge in [0.25, 0.3) is 0 Å². The molecule has 2 amide bonds. The zero-order valence-electron chi connectivity index (χ0n) is 12.3. The molecule has 0 aromatic heterocycles. The molecule has 1 heterocycles. The summed E-state index contributed by atoms with van der Waals surface area (Å²) in [4.78, 5) is 12.4. The molecular formula is C17H19N3O. The Bertz CT molecular complexity index is 656. The molecule has 2 aromatic rings. The molecule has 21 heavy (non-hydrogen) atoms. The smallest absolute Gasteiger partial charge is 0.313 e. The van der Waals surface area contributed by atoms with Gasteiger partial charge in [0.2, 0.25) is 0 Å². The predicted molar refractivity (Wildman–Crippen MR) is 83.7 cm³/mol. The maximum Gasteiger partial charge on any atom is 0.338 e. The fourth-order valence-corrected chi connectivity index (χ4v) is 2.72. The predicted octanol–water partition coefficient (Wildman–Crippen LogP) is 3.29. The Morgan fingerprint density at radius 3 is 2.38 bits per heavy atom. The highest BCUT2D eigenvalue weighted by Gasteiger charge is 2.42.